The van der Waals surface area contributed by atoms with Crippen molar-refractivity contribution < 1.29 is 4.79 Å². The van der Waals surface area contributed by atoms with Crippen LogP contribution in [-0.2, 0) is 4.79 Å². The Morgan fingerprint density at radius 1 is 1.05 bits per heavy atom. The number of anilines is 1. The van der Waals surface area contributed by atoms with E-state index in [-0.39, 0.29) is 11.4 Å². The maximum atomic E-state index is 12.3. The van der Waals surface area contributed by atoms with Gasteiger partial charge in [0, 0.05) is 16.8 Å². The molecule has 0 saturated carbocycles. The molecule has 3 N–H and O–H groups in total. The van der Waals surface area contributed by atoms with E-state index in [2.05, 4.69) is 10.6 Å². The third-order valence-electron chi connectivity index (χ3n) is 3.34. The van der Waals surface area contributed by atoms with E-state index >= 15 is 0 Å². The first-order valence-corrected chi connectivity index (χ1v) is 6.67. The summed E-state index contributed by atoms with van der Waals surface area (Å²) >= 11 is 0. The number of fused-ring (bicyclic) bond motifs is 1. The van der Waals surface area contributed by atoms with Crippen LogP contribution in [0.3, 0.4) is 0 Å². The smallest absolute Gasteiger partial charge is 0.268 e. The lowest BCUT2D eigenvalue weighted by Crippen LogP contribution is -2.20. The molecule has 0 spiro atoms. The van der Waals surface area contributed by atoms with Gasteiger partial charge in [-0.3, -0.25) is 10.2 Å². The third-order valence-corrected chi connectivity index (χ3v) is 3.34. The van der Waals surface area contributed by atoms with Gasteiger partial charge in [-0.1, -0.05) is 42.5 Å². The van der Waals surface area contributed by atoms with Gasteiger partial charge in [0.05, 0.1) is 5.70 Å². The molecule has 1 aliphatic heterocycles. The fraction of sp³-hybridized carbons (Fsp3) is 0. The Kier molecular flexibility index (Phi) is 3.42. The van der Waals surface area contributed by atoms with Gasteiger partial charge in [-0.25, -0.2) is 0 Å². The molecule has 0 bridgehead atoms. The number of carbonyl (C=O) groups is 1. The highest BCUT2D eigenvalue weighted by Crippen LogP contribution is 2.27. The fourth-order valence-corrected chi connectivity index (χ4v) is 2.31. The first-order chi connectivity index (χ1) is 10.7. The van der Waals surface area contributed by atoms with Crippen LogP contribution < -0.4 is 10.6 Å². The first kappa shape index (κ1) is 13.6. The van der Waals surface area contributed by atoms with Crippen LogP contribution in [0.5, 0.6) is 0 Å². The molecule has 5 heteroatoms. The molecule has 0 saturated heterocycles. The van der Waals surface area contributed by atoms with Gasteiger partial charge in [-0.2, -0.15) is 5.26 Å². The van der Waals surface area contributed by atoms with Gasteiger partial charge in [-0.05, 0) is 12.1 Å². The van der Waals surface area contributed by atoms with Crippen molar-refractivity contribution in [1.82, 2.24) is 5.32 Å². The van der Waals surface area contributed by atoms with E-state index in [4.69, 9.17) is 5.41 Å². The van der Waals surface area contributed by atoms with Crippen molar-refractivity contribution >= 4 is 23.1 Å². The Bertz CT molecular complexity index is 831. The van der Waals surface area contributed by atoms with E-state index in [1.165, 1.54) is 0 Å². The van der Waals surface area contributed by atoms with Gasteiger partial charge < -0.3 is 10.6 Å². The minimum absolute atomic E-state index is 0.0430. The zero-order valence-electron chi connectivity index (χ0n) is 11.6. The minimum Gasteiger partial charge on any atom is -0.338 e. The van der Waals surface area contributed by atoms with Gasteiger partial charge >= 0.3 is 0 Å². The van der Waals surface area contributed by atoms with Crippen LogP contribution in [0.4, 0.5) is 5.69 Å². The summed E-state index contributed by atoms with van der Waals surface area (Å²) in [5.41, 5.74) is 2.31. The van der Waals surface area contributed by atoms with Crippen molar-refractivity contribution in [3.63, 3.8) is 0 Å². The number of carbonyl (C=O) groups excluding carboxylic acids is 1. The molecule has 1 amide bonds. The molecule has 22 heavy (non-hydrogen) atoms. The molecule has 5 nitrogen and oxygen atoms in total. The summed E-state index contributed by atoms with van der Waals surface area (Å²) in [6, 6.07) is 18.1. The lowest BCUT2D eigenvalue weighted by Gasteiger charge is -2.07. The third kappa shape index (κ3) is 2.34. The number of nitrogens with one attached hydrogen (secondary N) is 3. The molecule has 0 aliphatic carbocycles. The predicted molar refractivity (Wildman–Crippen MR) is 84.0 cm³/mol. The summed E-state index contributed by atoms with van der Waals surface area (Å²) in [6.07, 6.45) is 0. The zero-order valence-corrected chi connectivity index (χ0v) is 11.6. The van der Waals surface area contributed by atoms with Crippen molar-refractivity contribution in [2.24, 2.45) is 0 Å². The molecule has 106 valence electrons. The molecule has 2 aromatic carbocycles. The monoisotopic (exact) mass is 288 g/mol. The number of hydrogen-bond acceptors (Lipinski definition) is 3. The number of hydrogen-bond donors (Lipinski definition) is 3. The molecule has 2 aromatic rings. The lowest BCUT2D eigenvalue weighted by atomic mass is 10.0. The zero-order chi connectivity index (χ0) is 15.5. The summed E-state index contributed by atoms with van der Waals surface area (Å²) in [6.45, 7) is 0. The van der Waals surface area contributed by atoms with E-state index in [1.54, 1.807) is 36.4 Å². The average molecular weight is 288 g/mol. The van der Waals surface area contributed by atoms with Crippen molar-refractivity contribution in [2.45, 2.75) is 0 Å². The average Bonchev–Trinajstić information content (AvgIpc) is 2.87. The molecule has 0 atom stereocenters. The molecule has 0 unspecified atom stereocenters. The van der Waals surface area contributed by atoms with Crippen LogP contribution in [0.2, 0.25) is 0 Å². The second kappa shape index (κ2) is 5.54. The number of nitriles is 1. The molecule has 3 rings (SSSR count). The lowest BCUT2D eigenvalue weighted by molar-refractivity contribution is -0.112. The molecule has 0 radical (unpaired) electrons. The van der Waals surface area contributed by atoms with Crippen LogP contribution in [0.1, 0.15) is 11.1 Å². The predicted octanol–water partition coefficient (Wildman–Crippen LogP) is 2.49. The van der Waals surface area contributed by atoms with Crippen molar-refractivity contribution in [2.75, 3.05) is 5.32 Å². The number of amidine groups is 1. The number of amides is 1. The second-order valence-electron chi connectivity index (χ2n) is 4.73. The van der Waals surface area contributed by atoms with Gasteiger partial charge in [0.1, 0.15) is 17.5 Å². The van der Waals surface area contributed by atoms with Gasteiger partial charge in [0.2, 0.25) is 0 Å². The Labute approximate surface area is 127 Å². The maximum Gasteiger partial charge on any atom is 0.268 e. The summed E-state index contributed by atoms with van der Waals surface area (Å²) in [5.74, 6) is -0.313. The van der Waals surface area contributed by atoms with Gasteiger partial charge in [0.25, 0.3) is 5.91 Å². The number of rotatable bonds is 2. The molecule has 0 fully saturated rings. The van der Waals surface area contributed by atoms with Crippen LogP contribution in [-0.4, -0.2) is 11.7 Å². The van der Waals surface area contributed by atoms with E-state index in [0.717, 1.165) is 0 Å². The van der Waals surface area contributed by atoms with Crippen LogP contribution >= 0.6 is 0 Å². The van der Waals surface area contributed by atoms with Crippen LogP contribution in [0, 0.1) is 16.7 Å². The minimum atomic E-state index is -0.499. The van der Waals surface area contributed by atoms with Gasteiger partial charge in [-0.15, -0.1) is 0 Å². The van der Waals surface area contributed by atoms with E-state index in [0.29, 0.717) is 22.5 Å². The second-order valence-corrected chi connectivity index (χ2v) is 4.73. The fourth-order valence-electron chi connectivity index (χ4n) is 2.31. The molecular formula is C17H12N4O. The Morgan fingerprint density at radius 2 is 1.68 bits per heavy atom. The van der Waals surface area contributed by atoms with Gasteiger partial charge in [0.15, 0.2) is 0 Å². The summed E-state index contributed by atoms with van der Waals surface area (Å²) in [5, 5.41) is 22.8. The normalized spacial score (nSPS) is 14.6. The van der Waals surface area contributed by atoms with E-state index < -0.39 is 5.91 Å². The molecule has 0 aromatic heterocycles. The Balaban J connectivity index is 2.00. The quantitative estimate of drug-likeness (QED) is 0.586. The molecule has 1 heterocycles. The molecular weight excluding hydrogens is 276 g/mol. The maximum absolute atomic E-state index is 12.3. The van der Waals surface area contributed by atoms with Crippen molar-refractivity contribution in [3.05, 3.63) is 71.3 Å². The van der Waals surface area contributed by atoms with Crippen molar-refractivity contribution in [3.8, 4) is 6.07 Å². The highest BCUT2D eigenvalue weighted by atomic mass is 16.1. The van der Waals surface area contributed by atoms with Crippen LogP contribution in [0.25, 0.3) is 5.70 Å². The first-order valence-electron chi connectivity index (χ1n) is 6.67. The number of nitrogens with zero attached hydrogens (tertiary/aromatic N) is 1. The van der Waals surface area contributed by atoms with E-state index in [1.807, 2.05) is 24.3 Å². The van der Waals surface area contributed by atoms with E-state index in [9.17, 15) is 10.1 Å². The Hall–Kier alpha value is -3.39. The molecule has 1 aliphatic rings. The highest BCUT2D eigenvalue weighted by Gasteiger charge is 2.26. The number of para-hydroxylation sites is 1. The van der Waals surface area contributed by atoms with Crippen LogP contribution in [0.15, 0.2) is 60.2 Å². The highest BCUT2D eigenvalue weighted by molar-refractivity contribution is 6.18. The topological polar surface area (TPSA) is 88.8 Å². The van der Waals surface area contributed by atoms with Crippen molar-refractivity contribution in [1.29, 1.82) is 10.7 Å². The Morgan fingerprint density at radius 3 is 2.36 bits per heavy atom. The summed E-state index contributed by atoms with van der Waals surface area (Å²) < 4.78 is 0. The largest absolute Gasteiger partial charge is 0.338 e. The standard InChI is InChI=1S/C17H12N4O/c18-10-14(17(22)20-11-6-2-1-3-7-11)15-12-8-4-5-9-13(12)16(19)21-15/h1-9H,(H2,19,21)(H,20,22)/b15-14+. The SMILES string of the molecule is N#C/C(C(=O)Nc1ccccc1)=C1\NC(=N)c2ccccc21. The summed E-state index contributed by atoms with van der Waals surface area (Å²) in [7, 11) is 0. The summed E-state index contributed by atoms with van der Waals surface area (Å²) in [4.78, 5) is 12.3. The number of benzene rings is 2.